The van der Waals surface area contributed by atoms with E-state index in [0.717, 1.165) is 144 Å². The zero-order valence-electron chi connectivity index (χ0n) is 73.6. The number of aromatic nitrogens is 8. The molecule has 136 heavy (non-hydrogen) atoms. The molecular weight excluding hydrogens is 1660 g/mol. The molecule has 0 spiro atoms. The predicted octanol–water partition coefficient (Wildman–Crippen LogP) is 28.8. The summed E-state index contributed by atoms with van der Waals surface area (Å²) in [5.74, 6) is 5.12. The topological polar surface area (TPSA) is 134 Å². The largest absolute Gasteiger partial charge is 0.485 e. The lowest BCUT2D eigenvalue weighted by atomic mass is 9.57. The van der Waals surface area contributed by atoms with Gasteiger partial charge in [-0.3, -0.25) is 0 Å². The van der Waals surface area contributed by atoms with Crippen molar-refractivity contribution in [3.05, 3.63) is 535 Å². The van der Waals surface area contributed by atoms with Crippen LogP contribution in [0.15, 0.2) is 473 Å². The van der Waals surface area contributed by atoms with Crippen LogP contribution in [0.3, 0.4) is 0 Å². The first-order valence-corrected chi connectivity index (χ1v) is 45.8. The summed E-state index contributed by atoms with van der Waals surface area (Å²) in [6.45, 7) is 7.86. The van der Waals surface area contributed by atoms with Gasteiger partial charge in [0.05, 0.1) is 51.1 Å². The molecule has 2 aliphatic carbocycles. The minimum absolute atomic E-state index is 0.117. The summed E-state index contributed by atoms with van der Waals surface area (Å²) in [6, 6.07) is 154. The number of benzene rings is 17. The van der Waals surface area contributed by atoms with Gasteiger partial charge in [0.2, 0.25) is 0 Å². The maximum Gasteiger partial charge on any atom is 0.188 e. The normalized spacial score (nSPS) is 15.8. The van der Waals surface area contributed by atoms with Crippen LogP contribution in [0.25, 0.3) is 150 Å². The molecule has 21 aromatic rings. The molecular formula is C124H82N10O2. The van der Waals surface area contributed by atoms with Crippen molar-refractivity contribution in [3.63, 3.8) is 0 Å². The van der Waals surface area contributed by atoms with E-state index in [9.17, 15) is 5.26 Å². The number of para-hydroxylation sites is 2. The van der Waals surface area contributed by atoms with Gasteiger partial charge in [0, 0.05) is 83.9 Å². The molecule has 0 radical (unpaired) electrons. The second kappa shape index (κ2) is 34.3. The van der Waals surface area contributed by atoms with Crippen molar-refractivity contribution in [1.29, 1.82) is 5.26 Å². The van der Waals surface area contributed by atoms with E-state index < -0.39 is 10.8 Å². The van der Waals surface area contributed by atoms with E-state index >= 15 is 0 Å². The highest BCUT2D eigenvalue weighted by molar-refractivity contribution is 6.13. The summed E-state index contributed by atoms with van der Waals surface area (Å²) in [7, 11) is 0. The van der Waals surface area contributed by atoms with Gasteiger partial charge < -0.3 is 18.6 Å². The number of hydrogen-bond acceptors (Lipinski definition) is 9. The summed E-state index contributed by atoms with van der Waals surface area (Å²) < 4.78 is 19.0. The van der Waals surface area contributed by atoms with E-state index in [2.05, 4.69) is 336 Å². The number of ether oxygens (including phenoxy) is 2. The van der Waals surface area contributed by atoms with Crippen LogP contribution in [0.5, 0.6) is 11.5 Å². The Hall–Kier alpha value is -18.1. The van der Waals surface area contributed by atoms with Crippen LogP contribution in [0, 0.1) is 29.7 Å². The zero-order valence-corrected chi connectivity index (χ0v) is 73.6. The van der Waals surface area contributed by atoms with E-state index in [-0.39, 0.29) is 24.0 Å². The Labute approximate surface area is 787 Å². The minimum atomic E-state index is -0.642. The van der Waals surface area contributed by atoms with Crippen molar-refractivity contribution in [2.45, 2.75) is 23.0 Å². The average Bonchev–Trinajstić information content (AvgIpc) is 1.00. The molecule has 0 fully saturated rings. The van der Waals surface area contributed by atoms with Gasteiger partial charge in [0.1, 0.15) is 23.7 Å². The Kier molecular flexibility index (Phi) is 20.5. The summed E-state index contributed by atoms with van der Waals surface area (Å²) in [5.41, 5.74) is 25.3. The van der Waals surface area contributed by atoms with Gasteiger partial charge in [0.15, 0.2) is 40.6 Å². The van der Waals surface area contributed by atoms with Gasteiger partial charge in [-0.15, -0.1) is 0 Å². The van der Waals surface area contributed by atoms with Gasteiger partial charge in [-0.1, -0.05) is 364 Å². The van der Waals surface area contributed by atoms with Gasteiger partial charge >= 0.3 is 0 Å². The molecule has 6 heterocycles. The summed E-state index contributed by atoms with van der Waals surface area (Å²) in [4.78, 5) is 33.9. The molecule has 0 saturated carbocycles. The van der Waals surface area contributed by atoms with Gasteiger partial charge in [-0.05, 0) is 170 Å². The van der Waals surface area contributed by atoms with E-state index in [4.69, 9.17) is 45.9 Å². The summed E-state index contributed by atoms with van der Waals surface area (Å²) in [6.07, 6.45) is 12.9. The van der Waals surface area contributed by atoms with Crippen LogP contribution in [0.4, 0.5) is 5.69 Å². The molecule has 4 unspecified atom stereocenters. The first-order chi connectivity index (χ1) is 67.3. The van der Waals surface area contributed by atoms with Crippen LogP contribution >= 0.6 is 0 Å². The number of hydrogen-bond donors (Lipinski definition) is 0. The second-order valence-electron chi connectivity index (χ2n) is 34.8. The lowest BCUT2D eigenvalue weighted by Gasteiger charge is -2.49. The molecule has 2 aliphatic heterocycles. The highest BCUT2D eigenvalue weighted by atomic mass is 16.5. The van der Waals surface area contributed by atoms with E-state index in [1.165, 1.54) is 22.3 Å². The highest BCUT2D eigenvalue weighted by Gasteiger charge is 2.54. The quantitative estimate of drug-likeness (QED) is 0.0920. The molecule has 0 amide bonds. The fourth-order valence-corrected chi connectivity index (χ4v) is 21.0. The molecule has 4 atom stereocenters. The lowest BCUT2D eigenvalue weighted by molar-refractivity contribution is 0.140. The molecule has 640 valence electrons. The predicted molar refractivity (Wildman–Crippen MR) is 546 cm³/mol. The number of nitriles is 1. The van der Waals surface area contributed by atoms with Crippen LogP contribution in [0.1, 0.15) is 50.3 Å². The third-order valence-corrected chi connectivity index (χ3v) is 27.2. The van der Waals surface area contributed by atoms with Crippen LogP contribution in [-0.2, 0) is 10.8 Å². The highest BCUT2D eigenvalue weighted by Crippen LogP contribution is 2.59. The van der Waals surface area contributed by atoms with Crippen molar-refractivity contribution in [1.82, 2.24) is 39.0 Å². The number of fused-ring (bicyclic) bond motifs is 10. The van der Waals surface area contributed by atoms with Crippen LogP contribution < -0.4 is 9.47 Å². The molecule has 4 aromatic heterocycles. The molecule has 0 N–H and O–H groups in total. The summed E-state index contributed by atoms with van der Waals surface area (Å²) in [5, 5.41) is 14.2. The third kappa shape index (κ3) is 14.2. The number of allylic oxidation sites excluding steroid dienone is 4. The minimum Gasteiger partial charge on any atom is -0.485 e. The van der Waals surface area contributed by atoms with Crippen molar-refractivity contribution >= 4 is 60.4 Å². The van der Waals surface area contributed by atoms with Crippen LogP contribution in [0.2, 0.25) is 0 Å². The van der Waals surface area contributed by atoms with Gasteiger partial charge in [-0.2, -0.15) is 5.26 Å². The molecule has 0 bridgehead atoms. The number of rotatable bonds is 15. The molecule has 0 saturated heterocycles. The molecule has 12 nitrogen and oxygen atoms in total. The number of nitrogens with zero attached hydrogens (tertiary/aromatic N) is 10. The summed E-state index contributed by atoms with van der Waals surface area (Å²) >= 11 is 0. The van der Waals surface area contributed by atoms with Crippen molar-refractivity contribution in [2.24, 2.45) is 11.8 Å². The van der Waals surface area contributed by atoms with Crippen LogP contribution in [-0.4, -0.2) is 51.2 Å². The average molecular weight is 1740 g/mol. The molecule has 4 aliphatic rings. The Morgan fingerprint density at radius 3 is 1.10 bits per heavy atom. The fraction of sp³-hybridized carbons (Fsp3) is 0.0484. The first kappa shape index (κ1) is 81.2. The maximum absolute atomic E-state index is 9.94. The van der Waals surface area contributed by atoms with E-state index in [1.54, 1.807) is 0 Å². The van der Waals surface area contributed by atoms with Gasteiger partial charge in [-0.25, -0.2) is 34.7 Å². The Bertz CT molecular complexity index is 8220. The van der Waals surface area contributed by atoms with Crippen molar-refractivity contribution in [3.8, 4) is 108 Å². The van der Waals surface area contributed by atoms with E-state index in [1.807, 2.05) is 158 Å². The zero-order chi connectivity index (χ0) is 90.6. The lowest BCUT2D eigenvalue weighted by Crippen LogP contribution is -2.49. The first-order valence-electron chi connectivity index (χ1n) is 45.8. The Morgan fingerprint density at radius 2 is 0.632 bits per heavy atom. The standard InChI is InChI=1S/C65H43N5O.C59H39N5O/c1-66-52-34-36-59-55(42-52)54-39-47(31-35-58(54)70(59)53-25-15-6-16-26-53)49-33-38-61-57(41-49)65(50-21-11-4-12-22-50,51-23-13-5-14-24-51)56-40-48(32-37-60(56)71-61)43-27-29-46(30-28-43)64-68-62(44-17-7-2-8-18-44)67-63(69-64)45-19-9-3-10-20-45;60-38-39-26-32-52-48(34-39)49-35-42(29-33-53(49)64(52)47-24-14-5-15-25-47)43-27-30-50-54(36-43)65-55-37-44(28-31-51(55)59(50,45-20-10-3-11-21-45)46-22-12-4-13-23-46)58-62-56(40-16-6-1-7-17-40)61-57(63-58)41-18-8-2-9-19-41/h2-42,56,60H;1-37,51,55H. The molecule has 25 rings (SSSR count). The van der Waals surface area contributed by atoms with Crippen molar-refractivity contribution < 1.29 is 9.47 Å². The Morgan fingerprint density at radius 1 is 0.279 bits per heavy atom. The third-order valence-electron chi connectivity index (χ3n) is 27.2. The SMILES string of the molecule is N#Cc1ccc2c(c1)c1cc(-c3ccc4c(c3)OC3C=C(c5nc(-c6ccccc6)nc(-c6ccccc6)n5)C=CC3C4(c3ccccc3)c3ccccc3)ccc1n2-c1ccccc1.[C-]#[N+]c1ccc2c(c1)c1cc(-c3ccc4c(c3)C(c3ccccc3)(c3ccccc3)C3C=C(c5ccc(-c6nc(-c7ccccc7)nc(-c7ccccc7)n6)cc5)C=CC3O4)ccc1n2-c1ccccc1. The Balaban J connectivity index is 0.000000149. The molecule has 17 aromatic carbocycles. The molecule has 12 heteroatoms. The van der Waals surface area contributed by atoms with E-state index in [0.29, 0.717) is 46.2 Å². The van der Waals surface area contributed by atoms with Crippen molar-refractivity contribution in [2.75, 3.05) is 0 Å². The smallest absolute Gasteiger partial charge is 0.188 e. The monoisotopic (exact) mass is 1740 g/mol. The second-order valence-corrected chi connectivity index (χ2v) is 34.8. The maximum atomic E-state index is 9.94. The fourth-order valence-electron chi connectivity index (χ4n) is 21.0. The van der Waals surface area contributed by atoms with Gasteiger partial charge in [0.25, 0.3) is 0 Å².